The SMILES string of the molecule is Cc1cc2ncc(C(=O)N(Cc3cccnc3)C3CCCCC3)c(=O)n2[nH]1. The minimum Gasteiger partial charge on any atom is -0.331 e. The van der Waals surface area contributed by atoms with Crippen LogP contribution in [0, 0.1) is 6.92 Å². The van der Waals surface area contributed by atoms with Gasteiger partial charge < -0.3 is 4.90 Å². The highest BCUT2D eigenvalue weighted by Crippen LogP contribution is 2.25. The van der Waals surface area contributed by atoms with Crippen LogP contribution >= 0.6 is 0 Å². The molecule has 0 radical (unpaired) electrons. The van der Waals surface area contributed by atoms with E-state index in [1.54, 1.807) is 18.5 Å². The summed E-state index contributed by atoms with van der Waals surface area (Å²) >= 11 is 0. The topological polar surface area (TPSA) is 83.4 Å². The van der Waals surface area contributed by atoms with E-state index < -0.39 is 0 Å². The number of nitrogens with one attached hydrogen (secondary N) is 1. The van der Waals surface area contributed by atoms with Crippen LogP contribution in [-0.2, 0) is 6.54 Å². The quantitative estimate of drug-likeness (QED) is 0.770. The fraction of sp³-hybridized carbons (Fsp3) is 0.400. The molecule has 0 aromatic carbocycles. The van der Waals surface area contributed by atoms with Gasteiger partial charge in [0.1, 0.15) is 5.56 Å². The first kappa shape index (κ1) is 17.5. The molecule has 4 rings (SSSR count). The molecule has 1 N–H and O–H groups in total. The van der Waals surface area contributed by atoms with Crippen LogP contribution in [0.4, 0.5) is 0 Å². The first-order chi connectivity index (χ1) is 13.1. The Kier molecular flexibility index (Phi) is 4.75. The molecule has 3 aromatic heterocycles. The van der Waals surface area contributed by atoms with Gasteiger partial charge in [0.2, 0.25) is 0 Å². The summed E-state index contributed by atoms with van der Waals surface area (Å²) in [4.78, 5) is 36.5. The minimum atomic E-state index is -0.356. The predicted octanol–water partition coefficient (Wildman–Crippen LogP) is 2.70. The second kappa shape index (κ2) is 7.34. The van der Waals surface area contributed by atoms with E-state index in [-0.39, 0.29) is 23.1 Å². The normalized spacial score (nSPS) is 15.1. The van der Waals surface area contributed by atoms with Gasteiger partial charge in [-0.15, -0.1) is 0 Å². The third-order valence-corrected chi connectivity index (χ3v) is 5.20. The summed E-state index contributed by atoms with van der Waals surface area (Å²) in [6.45, 7) is 2.30. The van der Waals surface area contributed by atoms with Gasteiger partial charge in [0.05, 0.1) is 0 Å². The molecule has 0 bridgehead atoms. The number of fused-ring (bicyclic) bond motifs is 1. The Morgan fingerprint density at radius 1 is 1.30 bits per heavy atom. The van der Waals surface area contributed by atoms with Crippen molar-refractivity contribution >= 4 is 11.6 Å². The maximum Gasteiger partial charge on any atom is 0.285 e. The monoisotopic (exact) mass is 365 g/mol. The Bertz CT molecular complexity index is 1000. The van der Waals surface area contributed by atoms with Crippen molar-refractivity contribution in [3.05, 3.63) is 64.0 Å². The van der Waals surface area contributed by atoms with Crippen LogP contribution in [0.1, 0.15) is 53.7 Å². The smallest absolute Gasteiger partial charge is 0.285 e. The molecule has 3 aromatic rings. The van der Waals surface area contributed by atoms with Crippen LogP contribution < -0.4 is 5.56 Å². The molecular weight excluding hydrogens is 342 g/mol. The van der Waals surface area contributed by atoms with Gasteiger partial charge in [-0.3, -0.25) is 19.7 Å². The Morgan fingerprint density at radius 2 is 2.11 bits per heavy atom. The highest BCUT2D eigenvalue weighted by atomic mass is 16.2. The number of amides is 1. The van der Waals surface area contributed by atoms with Crippen LogP contribution in [0.5, 0.6) is 0 Å². The van der Waals surface area contributed by atoms with Gasteiger partial charge >= 0.3 is 0 Å². The van der Waals surface area contributed by atoms with E-state index in [0.717, 1.165) is 36.9 Å². The van der Waals surface area contributed by atoms with Crippen molar-refractivity contribution in [3.8, 4) is 0 Å². The first-order valence-corrected chi connectivity index (χ1v) is 9.41. The lowest BCUT2D eigenvalue weighted by Gasteiger charge is -2.34. The van der Waals surface area contributed by atoms with Crippen molar-refractivity contribution in [2.75, 3.05) is 0 Å². The lowest BCUT2D eigenvalue weighted by atomic mass is 9.93. The average Bonchev–Trinajstić information content (AvgIpc) is 3.09. The Morgan fingerprint density at radius 3 is 2.85 bits per heavy atom. The third-order valence-electron chi connectivity index (χ3n) is 5.20. The summed E-state index contributed by atoms with van der Waals surface area (Å²) in [5.74, 6) is -0.259. The Labute approximate surface area is 157 Å². The van der Waals surface area contributed by atoms with Crippen LogP contribution in [0.3, 0.4) is 0 Å². The molecule has 27 heavy (non-hydrogen) atoms. The fourth-order valence-electron chi connectivity index (χ4n) is 3.83. The van der Waals surface area contributed by atoms with Gasteiger partial charge in [0, 0.05) is 42.9 Å². The number of rotatable bonds is 4. The van der Waals surface area contributed by atoms with Crippen molar-refractivity contribution in [2.45, 2.75) is 51.6 Å². The number of nitrogens with zero attached hydrogens (tertiary/aromatic N) is 4. The lowest BCUT2D eigenvalue weighted by molar-refractivity contribution is 0.0611. The highest BCUT2D eigenvalue weighted by molar-refractivity contribution is 5.94. The van der Waals surface area contributed by atoms with E-state index in [9.17, 15) is 9.59 Å². The number of aromatic nitrogens is 4. The van der Waals surface area contributed by atoms with E-state index in [2.05, 4.69) is 15.1 Å². The second-order valence-corrected chi connectivity index (χ2v) is 7.20. The highest BCUT2D eigenvalue weighted by Gasteiger charge is 2.28. The van der Waals surface area contributed by atoms with Gasteiger partial charge in [0.15, 0.2) is 5.65 Å². The second-order valence-electron chi connectivity index (χ2n) is 7.20. The van der Waals surface area contributed by atoms with E-state index in [0.29, 0.717) is 12.2 Å². The fourth-order valence-corrected chi connectivity index (χ4v) is 3.83. The molecule has 0 aliphatic heterocycles. The molecule has 0 saturated heterocycles. The predicted molar refractivity (Wildman–Crippen MR) is 102 cm³/mol. The Hall–Kier alpha value is -2.96. The van der Waals surface area contributed by atoms with Crippen molar-refractivity contribution < 1.29 is 4.79 Å². The van der Waals surface area contributed by atoms with E-state index in [1.807, 2.05) is 24.0 Å². The zero-order valence-corrected chi connectivity index (χ0v) is 15.4. The summed E-state index contributed by atoms with van der Waals surface area (Å²) in [7, 11) is 0. The van der Waals surface area contributed by atoms with Crippen molar-refractivity contribution in [1.82, 2.24) is 24.5 Å². The number of aromatic amines is 1. The van der Waals surface area contributed by atoms with Gasteiger partial charge in [-0.1, -0.05) is 25.3 Å². The number of pyridine rings is 1. The number of hydrogen-bond acceptors (Lipinski definition) is 4. The van der Waals surface area contributed by atoms with Gasteiger partial charge in [-0.2, -0.15) is 0 Å². The summed E-state index contributed by atoms with van der Waals surface area (Å²) in [5.41, 5.74) is 2.05. The minimum absolute atomic E-state index is 0.101. The summed E-state index contributed by atoms with van der Waals surface area (Å²) in [6.07, 6.45) is 10.2. The molecule has 1 saturated carbocycles. The maximum absolute atomic E-state index is 13.4. The molecule has 1 aliphatic rings. The summed E-state index contributed by atoms with van der Waals surface area (Å²) in [6, 6.07) is 5.74. The van der Waals surface area contributed by atoms with Crippen molar-refractivity contribution in [2.24, 2.45) is 0 Å². The van der Waals surface area contributed by atoms with Gasteiger partial charge in [-0.25, -0.2) is 9.50 Å². The maximum atomic E-state index is 13.4. The third kappa shape index (κ3) is 3.49. The van der Waals surface area contributed by atoms with E-state index >= 15 is 0 Å². The number of carbonyl (C=O) groups is 1. The van der Waals surface area contributed by atoms with Crippen LogP contribution in [-0.4, -0.2) is 36.4 Å². The lowest BCUT2D eigenvalue weighted by Crippen LogP contribution is -2.43. The van der Waals surface area contributed by atoms with Gasteiger partial charge in [-0.05, 0) is 31.4 Å². The summed E-state index contributed by atoms with van der Waals surface area (Å²) < 4.78 is 1.34. The molecule has 7 nitrogen and oxygen atoms in total. The average molecular weight is 365 g/mol. The van der Waals surface area contributed by atoms with Crippen LogP contribution in [0.15, 0.2) is 41.6 Å². The van der Waals surface area contributed by atoms with Crippen molar-refractivity contribution in [3.63, 3.8) is 0 Å². The molecule has 1 amide bonds. The standard InChI is InChI=1S/C20H23N5O2/c1-14-10-18-22-12-17(20(27)25(18)23-14)19(26)24(16-7-3-2-4-8-16)13-15-6-5-9-21-11-15/h5-6,9-12,16,23H,2-4,7-8,13H2,1H3. The van der Waals surface area contributed by atoms with Crippen molar-refractivity contribution in [1.29, 1.82) is 0 Å². The Balaban J connectivity index is 1.71. The largest absolute Gasteiger partial charge is 0.331 e. The molecule has 7 heteroatoms. The van der Waals surface area contributed by atoms with Gasteiger partial charge in [0.25, 0.3) is 11.5 Å². The van der Waals surface area contributed by atoms with E-state index in [1.165, 1.54) is 17.1 Å². The summed E-state index contributed by atoms with van der Waals surface area (Å²) in [5, 5.41) is 2.95. The zero-order chi connectivity index (χ0) is 18.8. The van der Waals surface area contributed by atoms with Crippen LogP contribution in [0.25, 0.3) is 5.65 Å². The first-order valence-electron chi connectivity index (χ1n) is 9.41. The molecule has 0 unspecified atom stereocenters. The number of H-pyrrole nitrogens is 1. The molecule has 140 valence electrons. The molecule has 3 heterocycles. The zero-order valence-electron chi connectivity index (χ0n) is 15.4. The van der Waals surface area contributed by atoms with Crippen LogP contribution in [0.2, 0.25) is 0 Å². The molecule has 1 fully saturated rings. The molecule has 0 atom stereocenters. The number of hydrogen-bond donors (Lipinski definition) is 1. The van der Waals surface area contributed by atoms with E-state index in [4.69, 9.17) is 0 Å². The molecule has 1 aliphatic carbocycles. The number of aryl methyl sites for hydroxylation is 1. The molecular formula is C20H23N5O2. The number of carbonyl (C=O) groups excluding carboxylic acids is 1. The molecule has 0 spiro atoms.